The highest BCUT2D eigenvalue weighted by Crippen LogP contribution is 2.23. The lowest BCUT2D eigenvalue weighted by Gasteiger charge is -2.07. The van der Waals surface area contributed by atoms with Crippen LogP contribution >= 0.6 is 0 Å². The van der Waals surface area contributed by atoms with Crippen molar-refractivity contribution in [3.05, 3.63) is 59.2 Å². The first-order valence-electron chi connectivity index (χ1n) is 5.69. The molecule has 0 aromatic heterocycles. The lowest BCUT2D eigenvalue weighted by Crippen LogP contribution is -1.96. The third-order valence-electron chi connectivity index (χ3n) is 2.79. The van der Waals surface area contributed by atoms with Crippen LogP contribution < -0.4 is 5.73 Å². The van der Waals surface area contributed by atoms with Crippen LogP contribution in [0.5, 0.6) is 0 Å². The molecule has 0 fully saturated rings. The zero-order chi connectivity index (χ0) is 12.3. The van der Waals surface area contributed by atoms with E-state index in [-0.39, 0.29) is 0 Å². The summed E-state index contributed by atoms with van der Waals surface area (Å²) < 4.78 is 12.7. The van der Waals surface area contributed by atoms with Crippen LogP contribution in [0.25, 0.3) is 11.1 Å². The maximum Gasteiger partial charge on any atom is 0.115 e. The quantitative estimate of drug-likeness (QED) is 0.855. The van der Waals surface area contributed by atoms with Gasteiger partial charge in [-0.3, -0.25) is 0 Å². The third-order valence-corrected chi connectivity index (χ3v) is 2.79. The zero-order valence-electron chi connectivity index (χ0n) is 9.91. The Hall–Kier alpha value is -1.67. The minimum Gasteiger partial charge on any atom is -0.326 e. The molecule has 0 aliphatic rings. The SMILES string of the molecule is Cc1cc(CF)cc(-c2cccc(CN)c2)c1. The van der Waals surface area contributed by atoms with E-state index < -0.39 is 6.67 Å². The summed E-state index contributed by atoms with van der Waals surface area (Å²) in [6.45, 7) is 2.08. The number of benzene rings is 2. The van der Waals surface area contributed by atoms with Gasteiger partial charge < -0.3 is 5.73 Å². The van der Waals surface area contributed by atoms with Gasteiger partial charge in [-0.15, -0.1) is 0 Å². The summed E-state index contributed by atoms with van der Waals surface area (Å²) in [4.78, 5) is 0. The maximum absolute atomic E-state index is 12.7. The van der Waals surface area contributed by atoms with Gasteiger partial charge in [0, 0.05) is 6.54 Å². The minimum absolute atomic E-state index is 0.425. The van der Waals surface area contributed by atoms with Crippen LogP contribution in [-0.2, 0) is 13.2 Å². The Morgan fingerprint density at radius 2 is 1.76 bits per heavy atom. The summed E-state index contributed by atoms with van der Waals surface area (Å²) in [6, 6.07) is 13.9. The molecule has 0 heterocycles. The van der Waals surface area contributed by atoms with E-state index in [1.807, 2.05) is 37.3 Å². The first-order chi connectivity index (χ1) is 8.22. The average molecular weight is 229 g/mol. The van der Waals surface area contributed by atoms with E-state index in [1.165, 1.54) is 0 Å². The van der Waals surface area contributed by atoms with Gasteiger partial charge in [0.25, 0.3) is 0 Å². The molecule has 17 heavy (non-hydrogen) atoms. The maximum atomic E-state index is 12.7. The van der Waals surface area contributed by atoms with E-state index in [4.69, 9.17) is 5.73 Å². The summed E-state index contributed by atoms with van der Waals surface area (Å²) in [5.74, 6) is 0. The van der Waals surface area contributed by atoms with Crippen molar-refractivity contribution < 1.29 is 4.39 Å². The average Bonchev–Trinajstić information content (AvgIpc) is 2.38. The van der Waals surface area contributed by atoms with E-state index in [9.17, 15) is 4.39 Å². The van der Waals surface area contributed by atoms with Crippen LogP contribution in [0.15, 0.2) is 42.5 Å². The lowest BCUT2D eigenvalue weighted by molar-refractivity contribution is 0.485. The topological polar surface area (TPSA) is 26.0 Å². The number of nitrogens with two attached hydrogens (primary N) is 1. The van der Waals surface area contributed by atoms with Crippen molar-refractivity contribution in [1.29, 1.82) is 0 Å². The third kappa shape index (κ3) is 2.71. The molecule has 2 aromatic carbocycles. The Kier molecular flexibility index (Phi) is 3.55. The van der Waals surface area contributed by atoms with Gasteiger partial charge in [-0.05, 0) is 41.3 Å². The van der Waals surface area contributed by atoms with Crippen LogP contribution in [0.3, 0.4) is 0 Å². The molecule has 0 unspecified atom stereocenters. The van der Waals surface area contributed by atoms with Gasteiger partial charge in [0.2, 0.25) is 0 Å². The second-order valence-electron chi connectivity index (χ2n) is 4.25. The molecular formula is C15H16FN. The smallest absolute Gasteiger partial charge is 0.115 e. The minimum atomic E-state index is -0.425. The van der Waals surface area contributed by atoms with Gasteiger partial charge in [0.1, 0.15) is 6.67 Å². The molecule has 0 atom stereocenters. The Labute approximate surface area is 101 Å². The van der Waals surface area contributed by atoms with Crippen molar-refractivity contribution in [3.8, 4) is 11.1 Å². The Morgan fingerprint density at radius 3 is 2.47 bits per heavy atom. The van der Waals surface area contributed by atoms with E-state index in [1.54, 1.807) is 0 Å². The highest BCUT2D eigenvalue weighted by Gasteiger charge is 2.02. The molecule has 0 saturated heterocycles. The van der Waals surface area contributed by atoms with Crippen molar-refractivity contribution in [1.82, 2.24) is 0 Å². The van der Waals surface area contributed by atoms with Crippen LogP contribution in [-0.4, -0.2) is 0 Å². The molecule has 2 heteroatoms. The molecule has 88 valence electrons. The Morgan fingerprint density at radius 1 is 1.00 bits per heavy atom. The van der Waals surface area contributed by atoms with Gasteiger partial charge in [0.05, 0.1) is 0 Å². The molecule has 0 spiro atoms. The molecule has 0 bridgehead atoms. The van der Waals surface area contributed by atoms with E-state index in [0.717, 1.165) is 27.8 Å². The molecule has 0 amide bonds. The number of aryl methyl sites for hydroxylation is 1. The lowest BCUT2D eigenvalue weighted by atomic mass is 9.99. The summed E-state index contributed by atoms with van der Waals surface area (Å²) in [5, 5.41) is 0. The monoisotopic (exact) mass is 229 g/mol. The molecule has 0 aliphatic heterocycles. The molecule has 0 saturated carbocycles. The van der Waals surface area contributed by atoms with Crippen molar-refractivity contribution in [2.75, 3.05) is 0 Å². The van der Waals surface area contributed by atoms with Gasteiger partial charge in [-0.1, -0.05) is 35.9 Å². The molecule has 0 radical (unpaired) electrons. The highest BCUT2D eigenvalue weighted by molar-refractivity contribution is 5.65. The fourth-order valence-electron chi connectivity index (χ4n) is 1.98. The first kappa shape index (κ1) is 11.8. The summed E-state index contributed by atoms with van der Waals surface area (Å²) >= 11 is 0. The molecule has 2 aromatic rings. The van der Waals surface area contributed by atoms with Crippen LogP contribution in [0.1, 0.15) is 16.7 Å². The number of rotatable bonds is 3. The predicted octanol–water partition coefficient (Wildman–Crippen LogP) is 3.59. The number of hydrogen-bond donors (Lipinski definition) is 1. The molecule has 0 aliphatic carbocycles. The molecule has 2 N–H and O–H groups in total. The van der Waals surface area contributed by atoms with E-state index >= 15 is 0 Å². The molecule has 2 rings (SSSR count). The number of hydrogen-bond acceptors (Lipinski definition) is 1. The molecular weight excluding hydrogens is 213 g/mol. The second-order valence-corrected chi connectivity index (χ2v) is 4.25. The van der Waals surface area contributed by atoms with Crippen LogP contribution in [0.2, 0.25) is 0 Å². The van der Waals surface area contributed by atoms with Crippen molar-refractivity contribution in [3.63, 3.8) is 0 Å². The fraction of sp³-hybridized carbons (Fsp3) is 0.200. The summed E-state index contributed by atoms with van der Waals surface area (Å²) in [5.41, 5.74) is 10.6. The zero-order valence-corrected chi connectivity index (χ0v) is 9.91. The standard InChI is InChI=1S/C15H16FN/c1-11-5-13(9-16)8-15(6-11)14-4-2-3-12(7-14)10-17/h2-8H,9-10,17H2,1H3. The van der Waals surface area contributed by atoms with Crippen molar-refractivity contribution in [2.45, 2.75) is 20.1 Å². The predicted molar refractivity (Wildman–Crippen MR) is 69.3 cm³/mol. The van der Waals surface area contributed by atoms with Gasteiger partial charge in [0.15, 0.2) is 0 Å². The number of alkyl halides is 1. The molecule has 1 nitrogen and oxygen atoms in total. The summed E-state index contributed by atoms with van der Waals surface area (Å²) in [7, 11) is 0. The largest absolute Gasteiger partial charge is 0.326 e. The Balaban J connectivity index is 2.47. The highest BCUT2D eigenvalue weighted by atomic mass is 19.1. The van der Waals surface area contributed by atoms with Crippen molar-refractivity contribution in [2.24, 2.45) is 5.73 Å². The van der Waals surface area contributed by atoms with Crippen LogP contribution in [0, 0.1) is 6.92 Å². The van der Waals surface area contributed by atoms with E-state index in [0.29, 0.717) is 6.54 Å². The van der Waals surface area contributed by atoms with Gasteiger partial charge in [-0.25, -0.2) is 4.39 Å². The fourth-order valence-corrected chi connectivity index (χ4v) is 1.98. The van der Waals surface area contributed by atoms with Crippen LogP contribution in [0.4, 0.5) is 4.39 Å². The first-order valence-corrected chi connectivity index (χ1v) is 5.69. The van der Waals surface area contributed by atoms with Crippen molar-refractivity contribution >= 4 is 0 Å². The normalized spacial score (nSPS) is 10.5. The van der Waals surface area contributed by atoms with Gasteiger partial charge in [-0.2, -0.15) is 0 Å². The van der Waals surface area contributed by atoms with Gasteiger partial charge >= 0.3 is 0 Å². The number of halogens is 1. The Bertz CT molecular complexity index is 520. The second kappa shape index (κ2) is 5.11. The summed E-state index contributed by atoms with van der Waals surface area (Å²) in [6.07, 6.45) is 0. The van der Waals surface area contributed by atoms with E-state index in [2.05, 4.69) is 12.1 Å².